The molecule has 1 aromatic rings. The predicted octanol–water partition coefficient (Wildman–Crippen LogP) is 2.17. The number of esters is 1. The van der Waals surface area contributed by atoms with E-state index in [2.05, 4.69) is 5.32 Å². The average Bonchev–Trinajstić information content (AvgIpc) is 2.68. The molecule has 7 nitrogen and oxygen atoms in total. The summed E-state index contributed by atoms with van der Waals surface area (Å²) in [5.74, 6) is -0.978. The highest BCUT2D eigenvalue weighted by molar-refractivity contribution is 7.89. The van der Waals surface area contributed by atoms with Crippen molar-refractivity contribution in [3.05, 3.63) is 35.4 Å². The van der Waals surface area contributed by atoms with Crippen molar-refractivity contribution in [2.75, 3.05) is 26.0 Å². The van der Waals surface area contributed by atoms with Gasteiger partial charge in [0.25, 0.3) is 0 Å². The minimum atomic E-state index is -3.33. The monoisotopic (exact) mass is 410 g/mol. The smallest absolute Gasteiger partial charge is 0.307 e. The normalized spacial score (nSPS) is 19.0. The summed E-state index contributed by atoms with van der Waals surface area (Å²) < 4.78 is 30.9. The molecule has 1 aliphatic heterocycles. The van der Waals surface area contributed by atoms with Crippen LogP contribution in [0.2, 0.25) is 0 Å². The third-order valence-corrected chi connectivity index (χ3v) is 7.05. The van der Waals surface area contributed by atoms with E-state index in [4.69, 9.17) is 4.74 Å². The van der Waals surface area contributed by atoms with Crippen molar-refractivity contribution < 1.29 is 22.7 Å². The second kappa shape index (κ2) is 10.0. The second-order valence-corrected chi connectivity index (χ2v) is 9.35. The van der Waals surface area contributed by atoms with Crippen molar-refractivity contribution in [3.63, 3.8) is 0 Å². The first kappa shape index (κ1) is 22.4. The molecule has 1 fully saturated rings. The van der Waals surface area contributed by atoms with Crippen LogP contribution in [0.1, 0.15) is 49.8 Å². The molecule has 0 bridgehead atoms. The van der Waals surface area contributed by atoms with Gasteiger partial charge in [0.05, 0.1) is 31.2 Å². The first-order chi connectivity index (χ1) is 13.3. The van der Waals surface area contributed by atoms with Crippen LogP contribution in [0.3, 0.4) is 0 Å². The van der Waals surface area contributed by atoms with Gasteiger partial charge < -0.3 is 10.1 Å². The van der Waals surface area contributed by atoms with Gasteiger partial charge in [0.15, 0.2) is 0 Å². The summed E-state index contributed by atoms with van der Waals surface area (Å²) in [6.07, 6.45) is 1.84. The zero-order chi connectivity index (χ0) is 20.7. The van der Waals surface area contributed by atoms with Crippen LogP contribution in [-0.2, 0) is 24.3 Å². The number of amides is 1. The van der Waals surface area contributed by atoms with E-state index in [1.54, 1.807) is 0 Å². The van der Waals surface area contributed by atoms with Crippen molar-refractivity contribution in [1.29, 1.82) is 0 Å². The minimum Gasteiger partial charge on any atom is -0.469 e. The molecule has 0 unspecified atom stereocenters. The molecule has 2 atom stereocenters. The van der Waals surface area contributed by atoms with E-state index in [9.17, 15) is 18.0 Å². The van der Waals surface area contributed by atoms with Crippen LogP contribution in [0.15, 0.2) is 24.3 Å². The van der Waals surface area contributed by atoms with Gasteiger partial charge in [-0.1, -0.05) is 36.8 Å². The molecule has 1 N–H and O–H groups in total. The molecule has 2 rings (SSSR count). The number of benzene rings is 1. The maximum Gasteiger partial charge on any atom is 0.307 e. The van der Waals surface area contributed by atoms with E-state index in [-0.39, 0.29) is 24.6 Å². The topological polar surface area (TPSA) is 92.8 Å². The molecule has 8 heteroatoms. The molecular weight excluding hydrogens is 380 g/mol. The highest BCUT2D eigenvalue weighted by Gasteiger charge is 2.33. The van der Waals surface area contributed by atoms with Crippen LogP contribution in [-0.4, -0.2) is 50.6 Å². The van der Waals surface area contributed by atoms with Gasteiger partial charge in [0.1, 0.15) is 0 Å². The molecule has 0 aliphatic carbocycles. The molecule has 1 heterocycles. The van der Waals surface area contributed by atoms with Gasteiger partial charge in [0, 0.05) is 13.1 Å². The van der Waals surface area contributed by atoms with Gasteiger partial charge in [0.2, 0.25) is 15.9 Å². The molecule has 0 radical (unpaired) electrons. The van der Waals surface area contributed by atoms with Crippen LogP contribution >= 0.6 is 0 Å². The summed E-state index contributed by atoms with van der Waals surface area (Å²) in [6.45, 7) is 4.43. The molecular formula is C20H30N2O5S. The predicted molar refractivity (Wildman–Crippen MR) is 107 cm³/mol. The fourth-order valence-electron chi connectivity index (χ4n) is 3.39. The van der Waals surface area contributed by atoms with Crippen LogP contribution in [0.25, 0.3) is 0 Å². The molecule has 156 valence electrons. The number of carbonyl (C=O) groups excluding carboxylic acids is 2. The molecule has 28 heavy (non-hydrogen) atoms. The lowest BCUT2D eigenvalue weighted by Gasteiger charge is -2.32. The maximum absolute atomic E-state index is 12.9. The van der Waals surface area contributed by atoms with Crippen LogP contribution in [0.5, 0.6) is 0 Å². The summed E-state index contributed by atoms with van der Waals surface area (Å²) in [4.78, 5) is 24.7. The summed E-state index contributed by atoms with van der Waals surface area (Å²) in [7, 11) is -2.02. The fourth-order valence-corrected chi connectivity index (χ4v) is 4.98. The highest BCUT2D eigenvalue weighted by atomic mass is 32.2. The van der Waals surface area contributed by atoms with Crippen molar-refractivity contribution in [3.8, 4) is 0 Å². The summed E-state index contributed by atoms with van der Waals surface area (Å²) >= 11 is 0. The number of methoxy groups -OCH3 is 1. The van der Waals surface area contributed by atoms with Crippen molar-refractivity contribution >= 4 is 21.9 Å². The first-order valence-corrected chi connectivity index (χ1v) is 11.3. The van der Waals surface area contributed by atoms with Crippen LogP contribution in [0.4, 0.5) is 0 Å². The molecule has 1 aliphatic rings. The van der Waals surface area contributed by atoms with E-state index in [1.807, 2.05) is 38.1 Å². The Morgan fingerprint density at radius 1 is 1.29 bits per heavy atom. The second-order valence-electron chi connectivity index (χ2n) is 7.27. The third kappa shape index (κ3) is 6.04. The maximum atomic E-state index is 12.9. The van der Waals surface area contributed by atoms with Gasteiger partial charge >= 0.3 is 5.97 Å². The first-order valence-electron chi connectivity index (χ1n) is 9.68. The van der Waals surface area contributed by atoms with Gasteiger partial charge in [-0.25, -0.2) is 12.7 Å². The van der Waals surface area contributed by atoms with Crippen LogP contribution < -0.4 is 5.32 Å². The molecule has 0 saturated carbocycles. The third-order valence-electron chi connectivity index (χ3n) is 5.01. The quantitative estimate of drug-likeness (QED) is 0.663. The van der Waals surface area contributed by atoms with E-state index in [0.717, 1.165) is 11.1 Å². The van der Waals surface area contributed by atoms with Crippen LogP contribution in [0, 0.1) is 12.8 Å². The number of hydrogen-bond donors (Lipinski definition) is 1. The number of sulfonamides is 1. The lowest BCUT2D eigenvalue weighted by molar-refractivity contribution is -0.141. The largest absolute Gasteiger partial charge is 0.469 e. The van der Waals surface area contributed by atoms with Crippen molar-refractivity contribution in [2.45, 2.75) is 45.6 Å². The zero-order valence-corrected chi connectivity index (χ0v) is 17.6. The Morgan fingerprint density at radius 3 is 2.57 bits per heavy atom. The van der Waals surface area contributed by atoms with Gasteiger partial charge in [-0.05, 0) is 31.7 Å². The van der Waals surface area contributed by atoms with Gasteiger partial charge in [-0.2, -0.15) is 0 Å². The molecule has 0 spiro atoms. The summed E-state index contributed by atoms with van der Waals surface area (Å²) in [5.41, 5.74) is 1.89. The van der Waals surface area contributed by atoms with E-state index < -0.39 is 28.0 Å². The Bertz CT molecular complexity index is 776. The van der Waals surface area contributed by atoms with E-state index >= 15 is 0 Å². The number of piperidine rings is 1. The standard InChI is InChI=1S/C20H30N2O5S/c1-4-12-28(25,26)22-11-5-6-17(14-22)20(24)21-18(13-19(23)27-3)16-9-7-15(2)8-10-16/h7-10,17-18H,4-6,11-14H2,1-3H3,(H,21,24)/t17-,18+/m0/s1. The number of ether oxygens (including phenoxy) is 1. The number of nitrogens with one attached hydrogen (secondary N) is 1. The number of carbonyl (C=O) groups is 2. The fraction of sp³-hybridized carbons (Fsp3) is 0.600. The Balaban J connectivity index is 2.11. The lowest BCUT2D eigenvalue weighted by Crippen LogP contribution is -2.46. The Kier molecular flexibility index (Phi) is 8.00. The number of rotatable bonds is 8. The number of nitrogens with zero attached hydrogens (tertiary/aromatic N) is 1. The SMILES string of the molecule is CCCS(=O)(=O)N1CCC[C@H](C(=O)N[C@H](CC(=O)OC)c2ccc(C)cc2)C1. The van der Waals surface area contributed by atoms with Crippen molar-refractivity contribution in [2.24, 2.45) is 5.92 Å². The number of aryl methyl sites for hydroxylation is 1. The van der Waals surface area contributed by atoms with E-state index in [0.29, 0.717) is 25.8 Å². The molecule has 0 aromatic heterocycles. The van der Waals surface area contributed by atoms with Crippen molar-refractivity contribution in [1.82, 2.24) is 9.62 Å². The number of hydrogen-bond acceptors (Lipinski definition) is 5. The highest BCUT2D eigenvalue weighted by Crippen LogP contribution is 2.23. The Hall–Kier alpha value is -1.93. The van der Waals surface area contributed by atoms with Gasteiger partial charge in [-0.3, -0.25) is 9.59 Å². The Labute approximate surface area is 167 Å². The minimum absolute atomic E-state index is 0.0237. The average molecular weight is 411 g/mol. The van der Waals surface area contributed by atoms with E-state index in [1.165, 1.54) is 11.4 Å². The zero-order valence-electron chi connectivity index (χ0n) is 16.8. The summed E-state index contributed by atoms with van der Waals surface area (Å²) in [6, 6.07) is 7.09. The van der Waals surface area contributed by atoms with Gasteiger partial charge in [-0.15, -0.1) is 0 Å². The lowest BCUT2D eigenvalue weighted by atomic mass is 9.96. The molecule has 1 saturated heterocycles. The Morgan fingerprint density at radius 2 is 1.96 bits per heavy atom. The summed E-state index contributed by atoms with van der Waals surface area (Å²) in [5, 5.41) is 2.93. The molecule has 1 amide bonds. The molecule has 1 aromatic carbocycles.